The maximum atomic E-state index is 13.8. The maximum absolute atomic E-state index is 13.8. The molecule has 104 valence electrons. The fourth-order valence-corrected chi connectivity index (χ4v) is 2.31. The quantitative estimate of drug-likeness (QED) is 0.841. The Morgan fingerprint density at radius 1 is 1.37 bits per heavy atom. The van der Waals surface area contributed by atoms with E-state index in [1.165, 1.54) is 12.1 Å². The second-order valence-electron chi connectivity index (χ2n) is 5.28. The van der Waals surface area contributed by atoms with Crippen LogP contribution < -0.4 is 5.32 Å². The second-order valence-corrected chi connectivity index (χ2v) is 5.28. The summed E-state index contributed by atoms with van der Waals surface area (Å²) in [7, 11) is 0. The summed E-state index contributed by atoms with van der Waals surface area (Å²) in [5.41, 5.74) is 0.198. The lowest BCUT2D eigenvalue weighted by Gasteiger charge is -2.17. The number of nitrogens with one attached hydrogen (secondary N) is 1. The Morgan fingerprint density at radius 3 is 2.68 bits per heavy atom. The Balaban J connectivity index is 1.97. The molecule has 1 N–H and O–H groups in total. The molecule has 4 heteroatoms. The van der Waals surface area contributed by atoms with E-state index in [1.807, 2.05) is 6.92 Å². The molecule has 0 unspecified atom stereocenters. The van der Waals surface area contributed by atoms with Crippen LogP contribution in [0.5, 0.6) is 0 Å². The molecule has 1 fully saturated rings. The van der Waals surface area contributed by atoms with Gasteiger partial charge in [0.05, 0.1) is 0 Å². The minimum absolute atomic E-state index is 0.00986. The Labute approximate surface area is 112 Å². The topological polar surface area (TPSA) is 29.1 Å². The zero-order valence-electron chi connectivity index (χ0n) is 11.1. The molecule has 0 spiro atoms. The molecular weight excluding hydrogens is 248 g/mol. The van der Waals surface area contributed by atoms with Gasteiger partial charge in [0.25, 0.3) is 0 Å². The van der Waals surface area contributed by atoms with Crippen LogP contribution in [0.15, 0.2) is 18.2 Å². The molecular formula is C15H19F2NO. The largest absolute Gasteiger partial charge is 0.355 e. The van der Waals surface area contributed by atoms with Crippen LogP contribution in [0.25, 0.3) is 0 Å². The maximum Gasteiger partial charge on any atom is 0.220 e. The Kier molecular flexibility index (Phi) is 4.17. The first-order chi connectivity index (χ1) is 9.07. The van der Waals surface area contributed by atoms with Crippen LogP contribution in [-0.2, 0) is 10.2 Å². The molecule has 2 rings (SSSR count). The van der Waals surface area contributed by atoms with Gasteiger partial charge in [0.15, 0.2) is 0 Å². The predicted molar refractivity (Wildman–Crippen MR) is 69.8 cm³/mol. The van der Waals surface area contributed by atoms with Gasteiger partial charge in [-0.2, -0.15) is 0 Å². The van der Waals surface area contributed by atoms with Gasteiger partial charge in [-0.1, -0.05) is 19.4 Å². The fourth-order valence-electron chi connectivity index (χ4n) is 2.31. The minimum Gasteiger partial charge on any atom is -0.355 e. The molecule has 0 atom stereocenters. The summed E-state index contributed by atoms with van der Waals surface area (Å²) in [6.07, 6.45) is 4.03. The van der Waals surface area contributed by atoms with Crippen LogP contribution in [0.3, 0.4) is 0 Å². The standard InChI is InChI=1S/C15H19F2NO/c1-2-3-4-14(19)18-10-15(7-8-15)12-6-5-11(16)9-13(12)17/h5-6,9H,2-4,7-8,10H2,1H3,(H,18,19). The molecule has 0 radical (unpaired) electrons. The van der Waals surface area contributed by atoms with Gasteiger partial charge in [0.2, 0.25) is 5.91 Å². The van der Waals surface area contributed by atoms with E-state index < -0.39 is 11.6 Å². The predicted octanol–water partition coefficient (Wildman–Crippen LogP) is 3.30. The van der Waals surface area contributed by atoms with E-state index in [0.29, 0.717) is 18.5 Å². The first-order valence-corrected chi connectivity index (χ1v) is 6.79. The van der Waals surface area contributed by atoms with Crippen molar-refractivity contribution in [2.75, 3.05) is 6.54 Å². The van der Waals surface area contributed by atoms with Gasteiger partial charge in [0.1, 0.15) is 11.6 Å². The first-order valence-electron chi connectivity index (χ1n) is 6.79. The van der Waals surface area contributed by atoms with Crippen molar-refractivity contribution in [2.24, 2.45) is 0 Å². The molecule has 1 aliphatic carbocycles. The van der Waals surface area contributed by atoms with E-state index in [2.05, 4.69) is 5.32 Å². The van der Waals surface area contributed by atoms with Gasteiger partial charge in [-0.3, -0.25) is 4.79 Å². The van der Waals surface area contributed by atoms with Gasteiger partial charge in [-0.15, -0.1) is 0 Å². The Bertz CT molecular complexity index is 469. The van der Waals surface area contributed by atoms with Crippen molar-refractivity contribution >= 4 is 5.91 Å². The highest BCUT2D eigenvalue weighted by Crippen LogP contribution is 2.48. The highest BCUT2D eigenvalue weighted by atomic mass is 19.1. The summed E-state index contributed by atoms with van der Waals surface area (Å²) in [4.78, 5) is 11.6. The van der Waals surface area contributed by atoms with Crippen LogP contribution in [0.2, 0.25) is 0 Å². The number of carbonyl (C=O) groups excluding carboxylic acids is 1. The van der Waals surface area contributed by atoms with Crippen molar-refractivity contribution in [1.29, 1.82) is 0 Å². The number of halogens is 2. The number of benzene rings is 1. The van der Waals surface area contributed by atoms with Crippen molar-refractivity contribution in [3.05, 3.63) is 35.4 Å². The van der Waals surface area contributed by atoms with Crippen LogP contribution >= 0.6 is 0 Å². The van der Waals surface area contributed by atoms with Crippen molar-refractivity contribution in [1.82, 2.24) is 5.32 Å². The lowest BCUT2D eigenvalue weighted by Crippen LogP contribution is -2.32. The van der Waals surface area contributed by atoms with Crippen molar-refractivity contribution in [3.63, 3.8) is 0 Å². The molecule has 1 amide bonds. The zero-order chi connectivity index (χ0) is 13.9. The number of unbranched alkanes of at least 4 members (excludes halogenated alkanes) is 1. The lowest BCUT2D eigenvalue weighted by atomic mass is 9.95. The normalized spacial score (nSPS) is 16.2. The molecule has 0 saturated heterocycles. The van der Waals surface area contributed by atoms with Crippen molar-refractivity contribution in [2.45, 2.75) is 44.4 Å². The van der Waals surface area contributed by atoms with E-state index >= 15 is 0 Å². The molecule has 1 aromatic carbocycles. The van der Waals surface area contributed by atoms with E-state index in [9.17, 15) is 13.6 Å². The second kappa shape index (κ2) is 5.68. The van der Waals surface area contributed by atoms with Gasteiger partial charge in [-0.25, -0.2) is 8.78 Å². The van der Waals surface area contributed by atoms with Gasteiger partial charge < -0.3 is 5.32 Å². The highest BCUT2D eigenvalue weighted by molar-refractivity contribution is 5.76. The third-order valence-corrected chi connectivity index (χ3v) is 3.74. The number of hydrogen-bond donors (Lipinski definition) is 1. The Hall–Kier alpha value is -1.45. The SMILES string of the molecule is CCCCC(=O)NCC1(c2ccc(F)cc2F)CC1. The molecule has 0 heterocycles. The van der Waals surface area contributed by atoms with Crippen molar-refractivity contribution in [3.8, 4) is 0 Å². The summed E-state index contributed by atoms with van der Waals surface area (Å²) in [5.74, 6) is -1.07. The molecule has 0 aliphatic heterocycles. The number of carbonyl (C=O) groups is 1. The molecule has 0 aromatic heterocycles. The van der Waals surface area contributed by atoms with E-state index in [4.69, 9.17) is 0 Å². The average Bonchev–Trinajstić information content (AvgIpc) is 3.15. The fraction of sp³-hybridized carbons (Fsp3) is 0.533. The minimum atomic E-state index is -0.566. The molecule has 19 heavy (non-hydrogen) atoms. The third kappa shape index (κ3) is 3.31. The number of amides is 1. The summed E-state index contributed by atoms with van der Waals surface area (Å²) < 4.78 is 26.7. The average molecular weight is 267 g/mol. The summed E-state index contributed by atoms with van der Waals surface area (Å²) in [6.45, 7) is 2.47. The van der Waals surface area contributed by atoms with Gasteiger partial charge in [-0.05, 0) is 30.9 Å². The van der Waals surface area contributed by atoms with Gasteiger partial charge >= 0.3 is 0 Å². The van der Waals surface area contributed by atoms with E-state index in [1.54, 1.807) is 0 Å². The summed E-state index contributed by atoms with van der Waals surface area (Å²) >= 11 is 0. The van der Waals surface area contributed by atoms with E-state index in [-0.39, 0.29) is 11.3 Å². The smallest absolute Gasteiger partial charge is 0.220 e. The third-order valence-electron chi connectivity index (χ3n) is 3.74. The summed E-state index contributed by atoms with van der Waals surface area (Å²) in [6, 6.07) is 3.68. The molecule has 0 bridgehead atoms. The highest BCUT2D eigenvalue weighted by Gasteiger charge is 2.46. The zero-order valence-corrected chi connectivity index (χ0v) is 11.1. The summed E-state index contributed by atoms with van der Waals surface area (Å²) in [5, 5.41) is 2.86. The molecule has 1 aromatic rings. The number of rotatable bonds is 6. The molecule has 1 aliphatic rings. The first kappa shape index (κ1) is 14.0. The van der Waals surface area contributed by atoms with Gasteiger partial charge in [0, 0.05) is 24.4 Å². The number of hydrogen-bond acceptors (Lipinski definition) is 1. The van der Waals surface area contributed by atoms with Crippen LogP contribution in [0.1, 0.15) is 44.6 Å². The monoisotopic (exact) mass is 267 g/mol. The van der Waals surface area contributed by atoms with Crippen LogP contribution in [0.4, 0.5) is 8.78 Å². The van der Waals surface area contributed by atoms with Crippen LogP contribution in [-0.4, -0.2) is 12.5 Å². The lowest BCUT2D eigenvalue weighted by molar-refractivity contribution is -0.121. The van der Waals surface area contributed by atoms with Crippen molar-refractivity contribution < 1.29 is 13.6 Å². The Morgan fingerprint density at radius 2 is 2.11 bits per heavy atom. The molecule has 1 saturated carbocycles. The van der Waals surface area contributed by atoms with Crippen LogP contribution in [0, 0.1) is 11.6 Å². The molecule has 2 nitrogen and oxygen atoms in total. The van der Waals surface area contributed by atoms with E-state index in [0.717, 1.165) is 31.7 Å².